The maximum absolute atomic E-state index is 6.29. The third kappa shape index (κ3) is 3.18. The van der Waals surface area contributed by atoms with Crippen molar-refractivity contribution < 1.29 is 9.47 Å². The molecule has 1 aliphatic rings. The van der Waals surface area contributed by atoms with Gasteiger partial charge < -0.3 is 14.8 Å². The number of fused-ring (bicyclic) bond motifs is 1. The lowest BCUT2D eigenvalue weighted by Crippen LogP contribution is -2.27. The Balaban J connectivity index is 1.82. The Hall–Kier alpha value is -2.78. The summed E-state index contributed by atoms with van der Waals surface area (Å²) in [5, 5.41) is 3.22. The average Bonchev–Trinajstić information content (AvgIpc) is 3.11. The fourth-order valence-corrected chi connectivity index (χ4v) is 3.56. The summed E-state index contributed by atoms with van der Waals surface area (Å²) in [6, 6.07) is 23.2. The van der Waals surface area contributed by atoms with Crippen molar-refractivity contribution in [2.75, 3.05) is 20.7 Å². The average molecular weight is 345 g/mol. The van der Waals surface area contributed by atoms with Crippen molar-refractivity contribution in [2.45, 2.75) is 12.5 Å². The van der Waals surface area contributed by atoms with Crippen molar-refractivity contribution >= 4 is 0 Å². The number of hydrogen-bond acceptors (Lipinski definition) is 3. The van der Waals surface area contributed by atoms with Crippen LogP contribution in [0.3, 0.4) is 0 Å². The zero-order chi connectivity index (χ0) is 17.9. The summed E-state index contributed by atoms with van der Waals surface area (Å²) < 4.78 is 11.6. The Morgan fingerprint density at radius 2 is 1.73 bits per heavy atom. The third-order valence-corrected chi connectivity index (χ3v) is 4.84. The summed E-state index contributed by atoms with van der Waals surface area (Å²) in [6.45, 7) is 0.845. The van der Waals surface area contributed by atoms with E-state index in [1.807, 2.05) is 25.2 Å². The summed E-state index contributed by atoms with van der Waals surface area (Å²) in [4.78, 5) is 0. The third-order valence-electron chi connectivity index (χ3n) is 4.84. The van der Waals surface area contributed by atoms with E-state index in [4.69, 9.17) is 9.47 Å². The zero-order valence-electron chi connectivity index (χ0n) is 15.2. The van der Waals surface area contributed by atoms with Crippen molar-refractivity contribution in [1.29, 1.82) is 0 Å². The number of methoxy groups -OCH3 is 1. The summed E-state index contributed by atoms with van der Waals surface area (Å²) in [6.07, 6.45) is 1.11. The zero-order valence-corrected chi connectivity index (χ0v) is 15.2. The van der Waals surface area contributed by atoms with Crippen LogP contribution in [0.15, 0.2) is 66.7 Å². The minimum absolute atomic E-state index is 0.179. The van der Waals surface area contributed by atoms with Gasteiger partial charge in [-0.15, -0.1) is 0 Å². The molecule has 0 aromatic heterocycles. The number of nitrogens with one attached hydrogen (secondary N) is 1. The molecule has 0 bridgehead atoms. The molecule has 0 fully saturated rings. The molecule has 0 amide bonds. The molecular weight excluding hydrogens is 322 g/mol. The monoisotopic (exact) mass is 345 g/mol. The molecule has 0 aliphatic carbocycles. The van der Waals surface area contributed by atoms with Crippen molar-refractivity contribution in [3.8, 4) is 33.8 Å². The van der Waals surface area contributed by atoms with Gasteiger partial charge in [0, 0.05) is 18.5 Å². The van der Waals surface area contributed by atoms with Crippen molar-refractivity contribution in [2.24, 2.45) is 0 Å². The molecule has 132 valence electrons. The summed E-state index contributed by atoms with van der Waals surface area (Å²) in [7, 11) is 3.65. The normalized spacial score (nSPS) is 15.4. The quantitative estimate of drug-likeness (QED) is 0.736. The van der Waals surface area contributed by atoms with Crippen LogP contribution in [0.1, 0.15) is 5.56 Å². The Labute approximate surface area is 154 Å². The van der Waals surface area contributed by atoms with Gasteiger partial charge in [0.1, 0.15) is 17.6 Å². The molecule has 1 heterocycles. The molecule has 1 unspecified atom stereocenters. The number of hydrogen-bond donors (Lipinski definition) is 1. The Morgan fingerprint density at radius 3 is 2.42 bits per heavy atom. The second-order valence-corrected chi connectivity index (χ2v) is 6.61. The molecule has 4 rings (SSSR count). The van der Waals surface area contributed by atoms with Gasteiger partial charge in [0.15, 0.2) is 0 Å². The summed E-state index contributed by atoms with van der Waals surface area (Å²) in [5.74, 6) is 1.87. The van der Waals surface area contributed by atoms with E-state index >= 15 is 0 Å². The Morgan fingerprint density at radius 1 is 0.962 bits per heavy atom. The molecule has 0 saturated heterocycles. The van der Waals surface area contributed by atoms with Crippen molar-refractivity contribution in [1.82, 2.24) is 5.32 Å². The second kappa shape index (κ2) is 7.22. The predicted molar refractivity (Wildman–Crippen MR) is 106 cm³/mol. The lowest BCUT2D eigenvalue weighted by atomic mass is 9.94. The molecule has 3 aromatic rings. The fraction of sp³-hybridized carbons (Fsp3) is 0.217. The minimum atomic E-state index is 0.179. The number of ether oxygens (including phenoxy) is 2. The molecule has 1 N–H and O–H groups in total. The van der Waals surface area contributed by atoms with Crippen molar-refractivity contribution in [3.05, 3.63) is 72.3 Å². The number of benzene rings is 3. The first-order valence-electron chi connectivity index (χ1n) is 8.96. The van der Waals surface area contributed by atoms with Gasteiger partial charge in [0.25, 0.3) is 0 Å². The highest BCUT2D eigenvalue weighted by Gasteiger charge is 2.26. The van der Waals surface area contributed by atoms with Crippen LogP contribution in [-0.2, 0) is 6.42 Å². The first-order valence-corrected chi connectivity index (χ1v) is 8.96. The van der Waals surface area contributed by atoms with Crippen LogP contribution in [0.2, 0.25) is 0 Å². The standard InChI is InChI=1S/C23H23NO2/c1-24-15-21-13-19-12-18(16-6-4-3-5-7-16)14-22(23(19)26-21)17-8-10-20(25-2)11-9-17/h3-12,14,21,24H,13,15H2,1-2H3. The highest BCUT2D eigenvalue weighted by atomic mass is 16.5. The van der Waals surface area contributed by atoms with Gasteiger partial charge in [0.05, 0.1) is 7.11 Å². The fourth-order valence-electron chi connectivity index (χ4n) is 3.56. The Kier molecular flexibility index (Phi) is 4.63. The predicted octanol–water partition coefficient (Wildman–Crippen LogP) is 4.55. The van der Waals surface area contributed by atoms with Gasteiger partial charge in [-0.25, -0.2) is 0 Å². The summed E-state index contributed by atoms with van der Waals surface area (Å²) in [5.41, 5.74) is 6.01. The molecule has 1 aliphatic heterocycles. The van der Waals surface area contributed by atoms with Gasteiger partial charge in [-0.3, -0.25) is 0 Å². The van der Waals surface area contributed by atoms with Gasteiger partial charge in [-0.05, 0) is 53.6 Å². The largest absolute Gasteiger partial charge is 0.497 e. The van der Waals surface area contributed by atoms with E-state index in [0.29, 0.717) is 0 Å². The lowest BCUT2D eigenvalue weighted by molar-refractivity contribution is 0.232. The van der Waals surface area contributed by atoms with Crippen LogP contribution in [0.25, 0.3) is 22.3 Å². The molecule has 3 nitrogen and oxygen atoms in total. The Bertz CT molecular complexity index is 888. The molecule has 3 heteroatoms. The molecular formula is C23H23NO2. The van der Waals surface area contributed by atoms with E-state index in [0.717, 1.165) is 35.6 Å². The minimum Gasteiger partial charge on any atom is -0.497 e. The van der Waals surface area contributed by atoms with Crippen LogP contribution < -0.4 is 14.8 Å². The van der Waals surface area contributed by atoms with E-state index in [-0.39, 0.29) is 6.10 Å². The molecule has 0 saturated carbocycles. The molecule has 26 heavy (non-hydrogen) atoms. The van der Waals surface area contributed by atoms with Gasteiger partial charge in [-0.2, -0.15) is 0 Å². The highest BCUT2D eigenvalue weighted by molar-refractivity contribution is 5.80. The van der Waals surface area contributed by atoms with Gasteiger partial charge in [0.2, 0.25) is 0 Å². The van der Waals surface area contributed by atoms with Crippen LogP contribution in [0.4, 0.5) is 0 Å². The van der Waals surface area contributed by atoms with E-state index in [9.17, 15) is 0 Å². The van der Waals surface area contributed by atoms with Crippen molar-refractivity contribution in [3.63, 3.8) is 0 Å². The molecule has 0 radical (unpaired) electrons. The SMILES string of the molecule is CNCC1Cc2cc(-c3ccccc3)cc(-c3ccc(OC)cc3)c2O1. The second-order valence-electron chi connectivity index (χ2n) is 6.61. The number of likely N-dealkylation sites (N-methyl/N-ethyl adjacent to an activating group) is 1. The molecule has 0 spiro atoms. The van der Waals surface area contributed by atoms with Crippen LogP contribution >= 0.6 is 0 Å². The maximum Gasteiger partial charge on any atom is 0.131 e. The molecule has 3 aromatic carbocycles. The van der Waals surface area contributed by atoms with Crippen LogP contribution in [-0.4, -0.2) is 26.8 Å². The first kappa shape index (κ1) is 16.7. The van der Waals surface area contributed by atoms with E-state index in [2.05, 4.69) is 53.8 Å². The van der Waals surface area contributed by atoms with Crippen LogP contribution in [0, 0.1) is 0 Å². The topological polar surface area (TPSA) is 30.5 Å². The maximum atomic E-state index is 6.29. The van der Waals surface area contributed by atoms with E-state index in [1.165, 1.54) is 16.7 Å². The molecule has 1 atom stereocenters. The van der Waals surface area contributed by atoms with Gasteiger partial charge in [-0.1, -0.05) is 42.5 Å². The van der Waals surface area contributed by atoms with Crippen LogP contribution in [0.5, 0.6) is 11.5 Å². The highest BCUT2D eigenvalue weighted by Crippen LogP contribution is 2.42. The number of rotatable bonds is 5. The summed E-state index contributed by atoms with van der Waals surface area (Å²) >= 11 is 0. The van der Waals surface area contributed by atoms with E-state index in [1.54, 1.807) is 7.11 Å². The van der Waals surface area contributed by atoms with Gasteiger partial charge >= 0.3 is 0 Å². The van der Waals surface area contributed by atoms with E-state index < -0.39 is 0 Å². The first-order chi connectivity index (χ1) is 12.8. The lowest BCUT2D eigenvalue weighted by Gasteiger charge is -2.14. The smallest absolute Gasteiger partial charge is 0.131 e.